The number of nitrogens with zero attached hydrogens (tertiary/aromatic N) is 1. The summed E-state index contributed by atoms with van der Waals surface area (Å²) in [6.45, 7) is 0. The quantitative estimate of drug-likeness (QED) is 0.355. The highest BCUT2D eigenvalue weighted by atomic mass is 16.6. The number of para-hydroxylation sites is 1. The topological polar surface area (TPSA) is 88.4 Å². The summed E-state index contributed by atoms with van der Waals surface area (Å²) >= 11 is 0. The van der Waals surface area contributed by atoms with Gasteiger partial charge in [0.2, 0.25) is 5.78 Å². The van der Waals surface area contributed by atoms with Crippen LogP contribution >= 0.6 is 0 Å². The van der Waals surface area contributed by atoms with Crippen LogP contribution in [-0.4, -0.2) is 19.0 Å². The maximum absolute atomic E-state index is 12.6. The van der Waals surface area contributed by atoms with Gasteiger partial charge in [0, 0.05) is 11.3 Å². The number of ketones is 1. The summed E-state index contributed by atoms with van der Waals surface area (Å²) in [6, 6.07) is 23.9. The summed E-state index contributed by atoms with van der Waals surface area (Å²) < 4.78 is 10.3. The zero-order valence-corrected chi connectivity index (χ0v) is 16.2. The molecule has 0 bridgehead atoms. The third kappa shape index (κ3) is 5.33. The predicted octanol–water partition coefficient (Wildman–Crippen LogP) is 5.10. The van der Waals surface area contributed by atoms with Crippen LogP contribution in [0.15, 0.2) is 84.4 Å². The van der Waals surface area contributed by atoms with E-state index in [0.717, 1.165) is 0 Å². The van der Waals surface area contributed by atoms with Gasteiger partial charge < -0.3 is 9.47 Å². The van der Waals surface area contributed by atoms with Crippen LogP contribution in [0.2, 0.25) is 0 Å². The van der Waals surface area contributed by atoms with Gasteiger partial charge in [-0.25, -0.2) is 4.79 Å². The number of amides is 1. The molecule has 148 valence electrons. The Balaban J connectivity index is 1.67. The number of carbonyl (C=O) groups is 2. The van der Waals surface area contributed by atoms with E-state index in [-0.39, 0.29) is 11.4 Å². The Morgan fingerprint density at radius 3 is 2.13 bits per heavy atom. The molecule has 0 aromatic heterocycles. The van der Waals surface area contributed by atoms with Crippen molar-refractivity contribution in [3.63, 3.8) is 0 Å². The minimum absolute atomic E-state index is 0.00402. The van der Waals surface area contributed by atoms with E-state index in [1.807, 2.05) is 12.1 Å². The molecule has 3 aromatic rings. The second-order valence-corrected chi connectivity index (χ2v) is 6.18. The van der Waals surface area contributed by atoms with Crippen molar-refractivity contribution in [3.8, 4) is 17.6 Å². The number of carbonyl (C=O) groups excluding carboxylic acids is 2. The highest BCUT2D eigenvalue weighted by Crippen LogP contribution is 2.19. The Hall–Kier alpha value is -4.37. The average molecular weight is 398 g/mol. The molecule has 0 aliphatic carbocycles. The molecule has 0 atom stereocenters. The number of benzene rings is 3. The molecular formula is C24H18N2O4. The number of Topliss-reactive ketones (excluding diaryl/α,β-unsaturated/α-hetero) is 1. The number of nitriles is 1. The molecule has 0 spiro atoms. The number of allylic oxidation sites excluding steroid dienone is 1. The van der Waals surface area contributed by atoms with E-state index < -0.39 is 6.09 Å². The van der Waals surface area contributed by atoms with Gasteiger partial charge in [-0.15, -0.1) is 0 Å². The van der Waals surface area contributed by atoms with E-state index >= 15 is 0 Å². The Morgan fingerprint density at radius 2 is 1.53 bits per heavy atom. The smallest absolute Gasteiger partial charge is 0.417 e. The molecule has 0 heterocycles. The molecule has 1 N–H and O–H groups in total. The van der Waals surface area contributed by atoms with Crippen molar-refractivity contribution in [3.05, 3.63) is 95.6 Å². The van der Waals surface area contributed by atoms with Crippen LogP contribution in [0.5, 0.6) is 11.5 Å². The first kappa shape index (κ1) is 20.4. The predicted molar refractivity (Wildman–Crippen MR) is 113 cm³/mol. The molecule has 0 saturated carbocycles. The van der Waals surface area contributed by atoms with Crippen LogP contribution in [0.3, 0.4) is 0 Å². The second-order valence-electron chi connectivity index (χ2n) is 6.18. The van der Waals surface area contributed by atoms with E-state index in [1.54, 1.807) is 72.8 Å². The first-order valence-corrected chi connectivity index (χ1v) is 9.03. The normalized spacial score (nSPS) is 10.6. The molecule has 6 heteroatoms. The first-order valence-electron chi connectivity index (χ1n) is 9.03. The number of ether oxygens (including phenoxy) is 2. The minimum atomic E-state index is -0.614. The van der Waals surface area contributed by atoms with Crippen molar-refractivity contribution in [2.45, 2.75) is 0 Å². The number of nitrogens with one attached hydrogen (secondary N) is 1. The largest absolute Gasteiger partial charge is 0.497 e. The Morgan fingerprint density at radius 1 is 0.900 bits per heavy atom. The molecule has 0 radical (unpaired) electrons. The number of methoxy groups -OCH3 is 1. The van der Waals surface area contributed by atoms with Gasteiger partial charge in [0.15, 0.2) is 0 Å². The molecule has 0 fully saturated rings. The summed E-state index contributed by atoms with van der Waals surface area (Å²) in [5.74, 6) is 0.573. The van der Waals surface area contributed by atoms with Crippen LogP contribution in [0.4, 0.5) is 10.5 Å². The van der Waals surface area contributed by atoms with Crippen LogP contribution in [0, 0.1) is 11.3 Å². The molecular weight excluding hydrogens is 380 g/mol. The van der Waals surface area contributed by atoms with Gasteiger partial charge >= 0.3 is 6.09 Å². The monoisotopic (exact) mass is 398 g/mol. The van der Waals surface area contributed by atoms with Crippen molar-refractivity contribution < 1.29 is 19.1 Å². The lowest BCUT2D eigenvalue weighted by atomic mass is 10.0. The summed E-state index contributed by atoms with van der Waals surface area (Å²) in [5.41, 5.74) is 1.64. The summed E-state index contributed by atoms with van der Waals surface area (Å²) in [5, 5.41) is 12.0. The maximum atomic E-state index is 12.6. The van der Waals surface area contributed by atoms with Gasteiger partial charge in [-0.3, -0.25) is 10.1 Å². The zero-order chi connectivity index (χ0) is 21.3. The fraction of sp³-hybridized carbons (Fsp3) is 0.0417. The van der Waals surface area contributed by atoms with Crippen LogP contribution in [-0.2, 0) is 0 Å². The van der Waals surface area contributed by atoms with Crippen molar-refractivity contribution in [2.75, 3.05) is 12.4 Å². The maximum Gasteiger partial charge on any atom is 0.417 e. The number of rotatable bonds is 6. The Kier molecular flexibility index (Phi) is 6.59. The van der Waals surface area contributed by atoms with Gasteiger partial charge in [0.05, 0.1) is 7.11 Å². The highest BCUT2D eigenvalue weighted by Gasteiger charge is 2.12. The molecule has 3 aromatic carbocycles. The lowest BCUT2D eigenvalue weighted by molar-refractivity contribution is 0.104. The van der Waals surface area contributed by atoms with Gasteiger partial charge in [-0.05, 0) is 60.2 Å². The van der Waals surface area contributed by atoms with Crippen LogP contribution < -0.4 is 14.8 Å². The van der Waals surface area contributed by atoms with Gasteiger partial charge in [-0.1, -0.05) is 30.3 Å². The molecule has 1 amide bonds. The molecule has 30 heavy (non-hydrogen) atoms. The number of anilines is 1. The lowest BCUT2D eigenvalue weighted by Crippen LogP contribution is -2.16. The van der Waals surface area contributed by atoms with E-state index in [9.17, 15) is 14.9 Å². The molecule has 0 aliphatic heterocycles. The first-order chi connectivity index (χ1) is 14.6. The number of hydrogen-bond acceptors (Lipinski definition) is 5. The fourth-order valence-electron chi connectivity index (χ4n) is 2.62. The molecule has 0 aliphatic rings. The summed E-state index contributed by atoms with van der Waals surface area (Å²) in [6.07, 6.45) is 0.873. The van der Waals surface area contributed by atoms with Gasteiger partial charge in [0.1, 0.15) is 23.1 Å². The summed E-state index contributed by atoms with van der Waals surface area (Å²) in [7, 11) is 1.54. The standard InChI is InChI=1S/C24H18N2O4/c1-29-21-13-9-18(10-14-21)23(27)19(16-25)15-17-7-11-22(12-8-17)30-24(28)26-20-5-3-2-4-6-20/h2-15H,1H3,(H,26,28). The Bertz CT molecular complexity index is 1100. The second kappa shape index (κ2) is 9.71. The fourth-order valence-corrected chi connectivity index (χ4v) is 2.62. The molecule has 0 unspecified atom stereocenters. The highest BCUT2D eigenvalue weighted by molar-refractivity contribution is 6.14. The average Bonchev–Trinajstić information content (AvgIpc) is 2.79. The van der Waals surface area contributed by atoms with Gasteiger partial charge in [0.25, 0.3) is 0 Å². The van der Waals surface area contributed by atoms with E-state index in [4.69, 9.17) is 9.47 Å². The van der Waals surface area contributed by atoms with Crippen molar-refractivity contribution in [1.29, 1.82) is 5.26 Å². The van der Waals surface area contributed by atoms with Crippen molar-refractivity contribution in [1.82, 2.24) is 0 Å². The van der Waals surface area contributed by atoms with Crippen molar-refractivity contribution in [2.24, 2.45) is 0 Å². The van der Waals surface area contributed by atoms with E-state index in [2.05, 4.69) is 5.32 Å². The molecule has 6 nitrogen and oxygen atoms in total. The SMILES string of the molecule is COc1ccc(C(=O)C(C#N)=Cc2ccc(OC(=O)Nc3ccccc3)cc2)cc1. The minimum Gasteiger partial charge on any atom is -0.497 e. The van der Waals surface area contributed by atoms with E-state index in [1.165, 1.54) is 13.2 Å². The zero-order valence-electron chi connectivity index (χ0n) is 16.2. The van der Waals surface area contributed by atoms with Gasteiger partial charge in [-0.2, -0.15) is 5.26 Å². The van der Waals surface area contributed by atoms with Crippen LogP contribution in [0.25, 0.3) is 6.08 Å². The van der Waals surface area contributed by atoms with Crippen molar-refractivity contribution >= 4 is 23.6 Å². The summed E-state index contributed by atoms with van der Waals surface area (Å²) in [4.78, 5) is 24.5. The molecule has 3 rings (SSSR count). The lowest BCUT2D eigenvalue weighted by Gasteiger charge is -2.07. The Labute approximate surface area is 174 Å². The number of hydrogen-bond donors (Lipinski definition) is 1. The van der Waals surface area contributed by atoms with E-state index in [0.29, 0.717) is 28.3 Å². The third-order valence-corrected chi connectivity index (χ3v) is 4.14. The third-order valence-electron chi connectivity index (χ3n) is 4.14. The molecule has 0 saturated heterocycles. The van der Waals surface area contributed by atoms with Crippen LogP contribution in [0.1, 0.15) is 15.9 Å².